The van der Waals surface area contributed by atoms with E-state index in [9.17, 15) is 4.79 Å². The van der Waals surface area contributed by atoms with Crippen molar-refractivity contribution in [2.24, 2.45) is 0 Å². The summed E-state index contributed by atoms with van der Waals surface area (Å²) >= 11 is 0. The van der Waals surface area contributed by atoms with E-state index >= 15 is 0 Å². The Morgan fingerprint density at radius 3 is 1.96 bits per heavy atom. The van der Waals surface area contributed by atoms with E-state index in [1.54, 1.807) is 0 Å². The third-order valence-corrected chi connectivity index (χ3v) is 4.47. The van der Waals surface area contributed by atoms with Gasteiger partial charge in [-0.25, -0.2) is 0 Å². The van der Waals surface area contributed by atoms with E-state index in [1.165, 1.54) is 0 Å². The maximum absolute atomic E-state index is 12.8. The molecule has 0 saturated carbocycles. The van der Waals surface area contributed by atoms with Crippen LogP contribution >= 0.6 is 0 Å². The van der Waals surface area contributed by atoms with Crippen LogP contribution in [-0.2, 0) is 25.6 Å². The minimum atomic E-state index is -0.812. The standard InChI is InChI=1S/C23H30O4/c1-4-25-23(26-5-2)22(24)16-21(20-14-10-7-11-15-20)18(3)27-17-19-12-8-6-9-13-19/h6-15,18,21,23H,4-5,16-17H2,1-3H3/t18-,21-/m0/s1. The summed E-state index contributed by atoms with van der Waals surface area (Å²) in [4.78, 5) is 12.8. The summed E-state index contributed by atoms with van der Waals surface area (Å²) < 4.78 is 17.1. The largest absolute Gasteiger partial charge is 0.373 e. The van der Waals surface area contributed by atoms with Crippen molar-refractivity contribution in [3.63, 3.8) is 0 Å². The monoisotopic (exact) mass is 370 g/mol. The topological polar surface area (TPSA) is 44.8 Å². The SMILES string of the molecule is CCOC(OCC)C(=O)C[C@H](c1ccccc1)[C@H](C)OCc1ccccc1. The second-order valence-corrected chi connectivity index (χ2v) is 6.43. The molecule has 0 fully saturated rings. The molecule has 0 aliphatic heterocycles. The number of ketones is 1. The lowest BCUT2D eigenvalue weighted by molar-refractivity contribution is -0.169. The normalized spacial score (nSPS) is 13.5. The van der Waals surface area contributed by atoms with Gasteiger partial charge in [-0.15, -0.1) is 0 Å². The Bertz CT molecular complexity index is 651. The van der Waals surface area contributed by atoms with Crippen molar-refractivity contribution in [1.29, 1.82) is 0 Å². The van der Waals surface area contributed by atoms with Crippen molar-refractivity contribution in [1.82, 2.24) is 0 Å². The summed E-state index contributed by atoms with van der Waals surface area (Å²) in [5.41, 5.74) is 2.20. The third-order valence-electron chi connectivity index (χ3n) is 4.47. The van der Waals surface area contributed by atoms with Crippen molar-refractivity contribution in [2.75, 3.05) is 13.2 Å². The second kappa shape index (κ2) is 11.7. The molecule has 0 aliphatic carbocycles. The Morgan fingerprint density at radius 2 is 1.41 bits per heavy atom. The highest BCUT2D eigenvalue weighted by Gasteiger charge is 2.28. The summed E-state index contributed by atoms with van der Waals surface area (Å²) in [5, 5.41) is 0. The summed E-state index contributed by atoms with van der Waals surface area (Å²) in [6.07, 6.45) is -0.627. The van der Waals surface area contributed by atoms with Gasteiger partial charge in [0, 0.05) is 25.6 Å². The van der Waals surface area contributed by atoms with Gasteiger partial charge in [0.2, 0.25) is 6.29 Å². The van der Waals surface area contributed by atoms with Crippen molar-refractivity contribution < 1.29 is 19.0 Å². The molecular weight excluding hydrogens is 340 g/mol. The Labute approximate surface area is 162 Å². The summed E-state index contributed by atoms with van der Waals surface area (Å²) in [5.74, 6) is -0.117. The molecule has 0 aliphatic rings. The molecule has 2 aromatic carbocycles. The number of carbonyl (C=O) groups is 1. The molecule has 0 radical (unpaired) electrons. The highest BCUT2D eigenvalue weighted by atomic mass is 16.7. The van der Waals surface area contributed by atoms with Crippen molar-refractivity contribution in [3.8, 4) is 0 Å². The van der Waals surface area contributed by atoms with Crippen LogP contribution in [0.5, 0.6) is 0 Å². The average Bonchev–Trinajstić information content (AvgIpc) is 2.71. The van der Waals surface area contributed by atoms with Crippen molar-refractivity contribution in [2.45, 2.75) is 52.1 Å². The van der Waals surface area contributed by atoms with Crippen LogP contribution in [0.4, 0.5) is 0 Å². The molecule has 146 valence electrons. The Kier molecular flexibility index (Phi) is 9.19. The lowest BCUT2D eigenvalue weighted by Gasteiger charge is -2.26. The number of rotatable bonds is 12. The van der Waals surface area contributed by atoms with Gasteiger partial charge in [-0.1, -0.05) is 60.7 Å². The molecule has 0 amide bonds. The van der Waals surface area contributed by atoms with E-state index in [0.29, 0.717) is 26.2 Å². The molecule has 4 nitrogen and oxygen atoms in total. The van der Waals surface area contributed by atoms with Gasteiger partial charge in [0.25, 0.3) is 0 Å². The lowest BCUT2D eigenvalue weighted by Crippen LogP contribution is -2.31. The van der Waals surface area contributed by atoms with Gasteiger partial charge in [-0.05, 0) is 31.9 Å². The number of benzene rings is 2. The lowest BCUT2D eigenvalue weighted by atomic mass is 9.89. The fourth-order valence-electron chi connectivity index (χ4n) is 3.02. The number of hydrogen-bond acceptors (Lipinski definition) is 4. The highest BCUT2D eigenvalue weighted by Crippen LogP contribution is 2.27. The van der Waals surface area contributed by atoms with E-state index in [-0.39, 0.29) is 17.8 Å². The first-order valence-electron chi connectivity index (χ1n) is 9.62. The van der Waals surface area contributed by atoms with Crippen LogP contribution in [0.1, 0.15) is 44.2 Å². The Balaban J connectivity index is 2.09. The zero-order valence-electron chi connectivity index (χ0n) is 16.5. The van der Waals surface area contributed by atoms with E-state index < -0.39 is 6.29 Å². The van der Waals surface area contributed by atoms with Gasteiger partial charge in [0.1, 0.15) is 0 Å². The molecule has 0 spiro atoms. The van der Waals surface area contributed by atoms with Crippen LogP contribution in [0.15, 0.2) is 60.7 Å². The molecule has 2 rings (SSSR count). The quantitative estimate of drug-likeness (QED) is 0.507. The predicted molar refractivity (Wildman–Crippen MR) is 107 cm³/mol. The van der Waals surface area contributed by atoms with Gasteiger partial charge in [0.05, 0.1) is 12.7 Å². The van der Waals surface area contributed by atoms with Gasteiger partial charge < -0.3 is 14.2 Å². The maximum atomic E-state index is 12.8. The zero-order valence-corrected chi connectivity index (χ0v) is 16.5. The summed E-state index contributed by atoms with van der Waals surface area (Å²) in [6.45, 7) is 7.13. The van der Waals surface area contributed by atoms with Crippen LogP contribution < -0.4 is 0 Å². The molecule has 0 aromatic heterocycles. The average molecular weight is 370 g/mol. The van der Waals surface area contributed by atoms with Gasteiger partial charge >= 0.3 is 0 Å². The summed E-state index contributed by atoms with van der Waals surface area (Å²) in [7, 11) is 0. The minimum Gasteiger partial charge on any atom is -0.373 e. The number of hydrogen-bond donors (Lipinski definition) is 0. The number of ether oxygens (including phenoxy) is 3. The van der Waals surface area contributed by atoms with Gasteiger partial charge in [0.15, 0.2) is 5.78 Å². The minimum absolute atomic E-state index is 0.0530. The Morgan fingerprint density at radius 1 is 0.852 bits per heavy atom. The zero-order chi connectivity index (χ0) is 19.5. The second-order valence-electron chi connectivity index (χ2n) is 6.43. The van der Waals surface area contributed by atoms with Gasteiger partial charge in [-0.3, -0.25) is 4.79 Å². The number of Topliss-reactive ketones (excluding diaryl/α,β-unsaturated/α-hetero) is 1. The fourth-order valence-corrected chi connectivity index (χ4v) is 3.02. The molecule has 0 N–H and O–H groups in total. The van der Waals surface area contributed by atoms with E-state index in [1.807, 2.05) is 81.4 Å². The first-order chi connectivity index (χ1) is 13.2. The van der Waals surface area contributed by atoms with E-state index in [0.717, 1.165) is 11.1 Å². The molecule has 0 unspecified atom stereocenters. The van der Waals surface area contributed by atoms with Crippen molar-refractivity contribution >= 4 is 5.78 Å². The van der Waals surface area contributed by atoms with Crippen LogP contribution in [-0.4, -0.2) is 31.4 Å². The summed E-state index contributed by atoms with van der Waals surface area (Å²) in [6, 6.07) is 20.1. The van der Waals surface area contributed by atoms with Crippen LogP contribution in [0, 0.1) is 0 Å². The Hall–Kier alpha value is -2.01. The molecule has 2 atom stereocenters. The molecule has 0 bridgehead atoms. The predicted octanol–water partition coefficient (Wildman–Crippen LogP) is 4.73. The van der Waals surface area contributed by atoms with E-state index in [2.05, 4.69) is 0 Å². The smallest absolute Gasteiger partial charge is 0.217 e. The molecule has 4 heteroatoms. The van der Waals surface area contributed by atoms with E-state index in [4.69, 9.17) is 14.2 Å². The molecule has 0 saturated heterocycles. The van der Waals surface area contributed by atoms with Crippen LogP contribution in [0.25, 0.3) is 0 Å². The molecule has 2 aromatic rings. The van der Waals surface area contributed by atoms with Crippen molar-refractivity contribution in [3.05, 3.63) is 71.8 Å². The highest BCUT2D eigenvalue weighted by molar-refractivity contribution is 5.82. The van der Waals surface area contributed by atoms with Crippen LogP contribution in [0.2, 0.25) is 0 Å². The maximum Gasteiger partial charge on any atom is 0.217 e. The van der Waals surface area contributed by atoms with Crippen LogP contribution in [0.3, 0.4) is 0 Å². The molecular formula is C23H30O4. The molecule has 0 heterocycles. The first-order valence-corrected chi connectivity index (χ1v) is 9.62. The molecule has 27 heavy (non-hydrogen) atoms. The number of carbonyl (C=O) groups excluding carboxylic acids is 1. The van der Waals surface area contributed by atoms with Gasteiger partial charge in [-0.2, -0.15) is 0 Å². The third kappa shape index (κ3) is 6.90. The fraction of sp³-hybridized carbons (Fsp3) is 0.435. The first kappa shape index (κ1) is 21.3.